The number of halogens is 2. The van der Waals surface area contributed by atoms with Crippen molar-refractivity contribution in [3.8, 4) is 11.8 Å². The van der Waals surface area contributed by atoms with Crippen molar-refractivity contribution in [3.05, 3.63) is 40.9 Å². The summed E-state index contributed by atoms with van der Waals surface area (Å²) < 4.78 is 39.8. The second-order valence-electron chi connectivity index (χ2n) is 7.40. The fourth-order valence-electron chi connectivity index (χ4n) is 2.32. The van der Waals surface area contributed by atoms with Crippen molar-refractivity contribution in [1.29, 1.82) is 0 Å². The topological polar surface area (TPSA) is 18.5 Å². The molecule has 0 amide bonds. The third-order valence-electron chi connectivity index (χ3n) is 4.77. The molecule has 0 spiro atoms. The summed E-state index contributed by atoms with van der Waals surface area (Å²) in [6.07, 6.45) is 3.37. The number of hydrogen-bond donors (Lipinski definition) is 0. The van der Waals surface area contributed by atoms with Crippen LogP contribution >= 0.6 is 0 Å². The zero-order valence-corrected chi connectivity index (χ0v) is 14.5. The highest BCUT2D eigenvalue weighted by Crippen LogP contribution is 2.39. The Labute approximate surface area is 142 Å². The van der Waals surface area contributed by atoms with Gasteiger partial charge in [-0.05, 0) is 64.8 Å². The van der Waals surface area contributed by atoms with Crippen LogP contribution in [0.3, 0.4) is 0 Å². The molecule has 1 aliphatic heterocycles. The van der Waals surface area contributed by atoms with E-state index in [0.717, 1.165) is 18.9 Å². The van der Waals surface area contributed by atoms with Gasteiger partial charge in [-0.1, -0.05) is 11.8 Å². The zero-order chi connectivity index (χ0) is 17.5. The van der Waals surface area contributed by atoms with Crippen LogP contribution in [0.25, 0.3) is 6.08 Å². The molecule has 5 heteroatoms. The van der Waals surface area contributed by atoms with E-state index in [1.165, 1.54) is 6.07 Å². The Hall–Kier alpha value is -1.64. The van der Waals surface area contributed by atoms with Gasteiger partial charge in [0.1, 0.15) is 11.5 Å². The molecule has 0 N–H and O–H groups in total. The van der Waals surface area contributed by atoms with Crippen LogP contribution in [-0.2, 0) is 9.31 Å². The zero-order valence-electron chi connectivity index (χ0n) is 14.5. The largest absolute Gasteiger partial charge is 0.525 e. The first kappa shape index (κ1) is 17.2. The lowest BCUT2D eigenvalue weighted by Crippen LogP contribution is -2.41. The standard InChI is InChI=1S/C19H21BF2O2/c1-18(2)19(3,4)24-20(23-18)17(22)12-15-11-14(9-10-16(15)21)8-7-13-5-6-13/h9-13H,5-6H2,1-4H3. The molecule has 2 aliphatic rings. The smallest absolute Gasteiger partial charge is 0.398 e. The van der Waals surface area contributed by atoms with Crippen LogP contribution in [0.5, 0.6) is 0 Å². The van der Waals surface area contributed by atoms with Crippen molar-refractivity contribution in [2.24, 2.45) is 5.92 Å². The average molecular weight is 330 g/mol. The highest BCUT2D eigenvalue weighted by atomic mass is 19.1. The van der Waals surface area contributed by atoms with Gasteiger partial charge in [0.2, 0.25) is 0 Å². The van der Waals surface area contributed by atoms with E-state index in [-0.39, 0.29) is 5.56 Å². The first-order chi connectivity index (χ1) is 11.2. The molecule has 1 aliphatic carbocycles. The summed E-state index contributed by atoms with van der Waals surface area (Å²) in [4.78, 5) is 0. The molecule has 2 fully saturated rings. The van der Waals surface area contributed by atoms with Crippen molar-refractivity contribution in [2.75, 3.05) is 0 Å². The van der Waals surface area contributed by atoms with E-state index in [1.807, 2.05) is 27.7 Å². The number of rotatable bonds is 2. The van der Waals surface area contributed by atoms with Gasteiger partial charge in [0.05, 0.1) is 11.2 Å². The molecule has 0 radical (unpaired) electrons. The van der Waals surface area contributed by atoms with E-state index >= 15 is 0 Å². The van der Waals surface area contributed by atoms with Crippen molar-refractivity contribution in [3.63, 3.8) is 0 Å². The van der Waals surface area contributed by atoms with Crippen LogP contribution in [-0.4, -0.2) is 18.3 Å². The molecule has 3 rings (SSSR count). The lowest BCUT2D eigenvalue weighted by atomic mass is 9.86. The Bertz CT molecular complexity index is 723. The minimum atomic E-state index is -1.13. The molecule has 126 valence electrons. The first-order valence-electron chi connectivity index (χ1n) is 8.22. The van der Waals surface area contributed by atoms with E-state index in [1.54, 1.807) is 12.1 Å². The Kier molecular flexibility index (Phi) is 4.31. The maximum atomic E-state index is 14.5. The molecule has 2 nitrogen and oxygen atoms in total. The Morgan fingerprint density at radius 1 is 1.21 bits per heavy atom. The monoisotopic (exact) mass is 330 g/mol. The van der Waals surface area contributed by atoms with Gasteiger partial charge in [0, 0.05) is 17.0 Å². The van der Waals surface area contributed by atoms with Gasteiger partial charge in [-0.25, -0.2) is 8.78 Å². The summed E-state index contributed by atoms with van der Waals surface area (Å²) in [5, 5.41) is 0. The summed E-state index contributed by atoms with van der Waals surface area (Å²) in [6, 6.07) is 4.46. The van der Waals surface area contributed by atoms with Gasteiger partial charge in [-0.2, -0.15) is 0 Å². The van der Waals surface area contributed by atoms with Crippen molar-refractivity contribution in [2.45, 2.75) is 51.7 Å². The Morgan fingerprint density at radius 2 is 1.83 bits per heavy atom. The lowest BCUT2D eigenvalue weighted by Gasteiger charge is -2.32. The molecular weight excluding hydrogens is 309 g/mol. The minimum Gasteiger partial charge on any atom is -0.398 e. The second-order valence-corrected chi connectivity index (χ2v) is 7.40. The average Bonchev–Trinajstić information content (AvgIpc) is 3.27. The molecule has 0 atom stereocenters. The van der Waals surface area contributed by atoms with Gasteiger partial charge >= 0.3 is 7.12 Å². The number of benzene rings is 1. The van der Waals surface area contributed by atoms with Crippen LogP contribution in [0.2, 0.25) is 0 Å². The molecule has 24 heavy (non-hydrogen) atoms. The SMILES string of the molecule is CC1(C)OB(C(F)=Cc2cc(C#CC3CC3)ccc2F)OC1(C)C. The fraction of sp³-hybridized carbons (Fsp3) is 0.474. The summed E-state index contributed by atoms with van der Waals surface area (Å²) in [7, 11) is -1.13. The van der Waals surface area contributed by atoms with Gasteiger partial charge in [0.25, 0.3) is 0 Å². The van der Waals surface area contributed by atoms with E-state index in [0.29, 0.717) is 11.5 Å². The van der Waals surface area contributed by atoms with E-state index in [2.05, 4.69) is 11.8 Å². The third-order valence-corrected chi connectivity index (χ3v) is 4.77. The molecule has 1 saturated heterocycles. The molecule has 1 aromatic carbocycles. The fourth-order valence-corrected chi connectivity index (χ4v) is 2.32. The van der Waals surface area contributed by atoms with Crippen LogP contribution < -0.4 is 0 Å². The molecule has 1 saturated carbocycles. The van der Waals surface area contributed by atoms with E-state index < -0.39 is 29.9 Å². The predicted octanol–water partition coefficient (Wildman–Crippen LogP) is 4.53. The van der Waals surface area contributed by atoms with Gasteiger partial charge in [-0.3, -0.25) is 0 Å². The van der Waals surface area contributed by atoms with E-state index in [9.17, 15) is 8.78 Å². The summed E-state index contributed by atoms with van der Waals surface area (Å²) in [5.74, 6) is 6.08. The lowest BCUT2D eigenvalue weighted by molar-refractivity contribution is 0.00578. The molecule has 0 aromatic heterocycles. The highest BCUT2D eigenvalue weighted by molar-refractivity contribution is 6.54. The van der Waals surface area contributed by atoms with E-state index in [4.69, 9.17) is 9.31 Å². The minimum absolute atomic E-state index is 0.143. The van der Waals surface area contributed by atoms with Crippen LogP contribution in [0, 0.1) is 23.6 Å². The van der Waals surface area contributed by atoms with Gasteiger partial charge in [0.15, 0.2) is 0 Å². The maximum absolute atomic E-state index is 14.5. The normalized spacial score (nSPS) is 22.2. The summed E-state index contributed by atoms with van der Waals surface area (Å²) in [5.41, 5.74) is -1.11. The predicted molar refractivity (Wildman–Crippen MR) is 91.2 cm³/mol. The molecule has 0 bridgehead atoms. The third kappa shape index (κ3) is 3.55. The number of hydrogen-bond acceptors (Lipinski definition) is 2. The second kappa shape index (κ2) is 6.02. The highest BCUT2D eigenvalue weighted by Gasteiger charge is 2.53. The maximum Gasteiger partial charge on any atom is 0.525 e. The summed E-state index contributed by atoms with van der Waals surface area (Å²) >= 11 is 0. The molecule has 0 unspecified atom stereocenters. The van der Waals surface area contributed by atoms with Gasteiger partial charge in [-0.15, -0.1) is 0 Å². The van der Waals surface area contributed by atoms with Gasteiger partial charge < -0.3 is 9.31 Å². The van der Waals surface area contributed by atoms with Crippen molar-refractivity contribution < 1.29 is 18.1 Å². The van der Waals surface area contributed by atoms with Crippen molar-refractivity contribution >= 4 is 13.2 Å². The Balaban J connectivity index is 1.83. The van der Waals surface area contributed by atoms with Crippen LogP contribution in [0.1, 0.15) is 51.7 Å². The first-order valence-corrected chi connectivity index (χ1v) is 8.22. The van der Waals surface area contributed by atoms with Crippen molar-refractivity contribution in [1.82, 2.24) is 0 Å². The quantitative estimate of drug-likeness (QED) is 0.586. The summed E-state index contributed by atoms with van der Waals surface area (Å²) in [6.45, 7) is 7.37. The Morgan fingerprint density at radius 3 is 2.42 bits per heavy atom. The van der Waals surface area contributed by atoms with Crippen LogP contribution in [0.15, 0.2) is 23.9 Å². The molecular formula is C19H21BF2O2. The molecule has 1 heterocycles. The molecule has 1 aromatic rings. The van der Waals surface area contributed by atoms with Crippen LogP contribution in [0.4, 0.5) is 8.78 Å².